The smallest absolute Gasteiger partial charge is 0.0945 e. The van der Waals surface area contributed by atoms with Crippen LogP contribution in [0.3, 0.4) is 0 Å². The molecule has 1 fully saturated rings. The molecule has 1 aliphatic rings. The third-order valence-electron chi connectivity index (χ3n) is 2.99. The summed E-state index contributed by atoms with van der Waals surface area (Å²) in [5.74, 6) is 0.975. The van der Waals surface area contributed by atoms with Crippen LogP contribution in [0.25, 0.3) is 0 Å². The zero-order valence-corrected chi connectivity index (χ0v) is 8.65. The maximum absolute atomic E-state index is 4.01. The molecule has 1 aromatic rings. The van der Waals surface area contributed by atoms with Crippen LogP contribution in [0.2, 0.25) is 0 Å². The Morgan fingerprint density at radius 1 is 1.43 bits per heavy atom. The van der Waals surface area contributed by atoms with E-state index in [0.717, 1.165) is 19.0 Å². The first-order valence-electron chi connectivity index (χ1n) is 5.61. The predicted octanol–water partition coefficient (Wildman–Crippen LogP) is 1.66. The number of hydrogen-bond donors (Lipinski definition) is 1. The predicted molar refractivity (Wildman–Crippen MR) is 57.1 cm³/mol. The first kappa shape index (κ1) is 9.71. The SMILES string of the molecule is c1cn(CCCNCC2CCC2)cn1. The molecule has 78 valence electrons. The minimum Gasteiger partial charge on any atom is -0.337 e. The average molecular weight is 193 g/mol. The van der Waals surface area contributed by atoms with E-state index in [1.165, 1.54) is 32.2 Å². The van der Waals surface area contributed by atoms with Crippen molar-refractivity contribution in [3.05, 3.63) is 18.7 Å². The number of aryl methyl sites for hydroxylation is 1. The molecule has 1 saturated carbocycles. The summed E-state index contributed by atoms with van der Waals surface area (Å²) in [7, 11) is 0. The summed E-state index contributed by atoms with van der Waals surface area (Å²) in [4.78, 5) is 4.01. The normalized spacial score (nSPS) is 16.9. The summed E-state index contributed by atoms with van der Waals surface area (Å²) in [5.41, 5.74) is 0. The van der Waals surface area contributed by atoms with E-state index in [4.69, 9.17) is 0 Å². The molecule has 1 N–H and O–H groups in total. The summed E-state index contributed by atoms with van der Waals surface area (Å²) in [6.45, 7) is 3.44. The van der Waals surface area contributed by atoms with Gasteiger partial charge in [-0.25, -0.2) is 4.98 Å². The van der Waals surface area contributed by atoms with Crippen LogP contribution < -0.4 is 5.32 Å². The van der Waals surface area contributed by atoms with Gasteiger partial charge in [-0.15, -0.1) is 0 Å². The summed E-state index contributed by atoms with van der Waals surface area (Å²) in [5, 5.41) is 3.52. The number of imidazole rings is 1. The van der Waals surface area contributed by atoms with E-state index >= 15 is 0 Å². The van der Waals surface area contributed by atoms with Gasteiger partial charge in [-0.05, 0) is 38.3 Å². The van der Waals surface area contributed by atoms with Crippen molar-refractivity contribution in [3.8, 4) is 0 Å². The van der Waals surface area contributed by atoms with Gasteiger partial charge in [-0.3, -0.25) is 0 Å². The van der Waals surface area contributed by atoms with Gasteiger partial charge in [0, 0.05) is 18.9 Å². The quantitative estimate of drug-likeness (QED) is 0.696. The third-order valence-corrected chi connectivity index (χ3v) is 2.99. The van der Waals surface area contributed by atoms with Crippen molar-refractivity contribution >= 4 is 0 Å². The molecule has 0 radical (unpaired) electrons. The molecule has 1 aromatic heterocycles. The Hall–Kier alpha value is -0.830. The molecule has 1 aliphatic carbocycles. The second kappa shape index (κ2) is 5.15. The van der Waals surface area contributed by atoms with Crippen molar-refractivity contribution in [2.24, 2.45) is 5.92 Å². The molecule has 0 atom stereocenters. The third kappa shape index (κ3) is 2.84. The number of hydrogen-bond acceptors (Lipinski definition) is 2. The van der Waals surface area contributed by atoms with E-state index in [0.29, 0.717) is 0 Å². The molecule has 3 heteroatoms. The Balaban J connectivity index is 1.47. The summed E-state index contributed by atoms with van der Waals surface area (Å²) in [6.07, 6.45) is 11.3. The van der Waals surface area contributed by atoms with Gasteiger partial charge in [0.2, 0.25) is 0 Å². The Bertz CT molecular complexity index is 239. The van der Waals surface area contributed by atoms with Crippen LogP contribution in [0.5, 0.6) is 0 Å². The molecular weight excluding hydrogens is 174 g/mol. The lowest BCUT2D eigenvalue weighted by Crippen LogP contribution is -2.28. The Labute approximate surface area is 85.5 Å². The molecule has 0 spiro atoms. The molecule has 0 saturated heterocycles. The van der Waals surface area contributed by atoms with Gasteiger partial charge < -0.3 is 9.88 Å². The van der Waals surface area contributed by atoms with Crippen molar-refractivity contribution in [2.75, 3.05) is 13.1 Å². The zero-order chi connectivity index (χ0) is 9.64. The highest BCUT2D eigenvalue weighted by molar-refractivity contribution is 4.74. The minimum atomic E-state index is 0.975. The van der Waals surface area contributed by atoms with E-state index in [1.54, 1.807) is 0 Å². The van der Waals surface area contributed by atoms with Gasteiger partial charge in [0.25, 0.3) is 0 Å². The number of aromatic nitrogens is 2. The fourth-order valence-electron chi connectivity index (χ4n) is 1.81. The van der Waals surface area contributed by atoms with Gasteiger partial charge in [-0.2, -0.15) is 0 Å². The highest BCUT2D eigenvalue weighted by atomic mass is 15.0. The van der Waals surface area contributed by atoms with Crippen molar-refractivity contribution in [1.82, 2.24) is 14.9 Å². The topological polar surface area (TPSA) is 29.9 Å². The second-order valence-corrected chi connectivity index (χ2v) is 4.16. The van der Waals surface area contributed by atoms with Crippen LogP contribution in [-0.2, 0) is 6.54 Å². The van der Waals surface area contributed by atoms with E-state index in [-0.39, 0.29) is 0 Å². The minimum absolute atomic E-state index is 0.975. The van der Waals surface area contributed by atoms with E-state index < -0.39 is 0 Å². The van der Waals surface area contributed by atoms with Crippen LogP contribution in [0.15, 0.2) is 18.7 Å². The van der Waals surface area contributed by atoms with Crippen LogP contribution in [0.1, 0.15) is 25.7 Å². The molecule has 0 aliphatic heterocycles. The molecule has 14 heavy (non-hydrogen) atoms. The van der Waals surface area contributed by atoms with Crippen LogP contribution in [0.4, 0.5) is 0 Å². The van der Waals surface area contributed by atoms with Crippen LogP contribution in [-0.4, -0.2) is 22.6 Å². The van der Waals surface area contributed by atoms with Gasteiger partial charge in [0.15, 0.2) is 0 Å². The number of nitrogens with zero attached hydrogens (tertiary/aromatic N) is 2. The highest BCUT2D eigenvalue weighted by Crippen LogP contribution is 2.24. The second-order valence-electron chi connectivity index (χ2n) is 4.16. The first-order valence-corrected chi connectivity index (χ1v) is 5.61. The van der Waals surface area contributed by atoms with E-state index in [9.17, 15) is 0 Å². The standard InChI is InChI=1S/C11H19N3/c1-3-11(4-1)9-12-5-2-7-14-8-6-13-10-14/h6,8,10-12H,1-5,7,9H2. The lowest BCUT2D eigenvalue weighted by molar-refractivity contribution is 0.301. The van der Waals surface area contributed by atoms with E-state index in [2.05, 4.69) is 14.9 Å². The molecule has 3 nitrogen and oxygen atoms in total. The Morgan fingerprint density at radius 3 is 3.00 bits per heavy atom. The largest absolute Gasteiger partial charge is 0.337 e. The maximum atomic E-state index is 4.01. The Morgan fingerprint density at radius 2 is 2.36 bits per heavy atom. The average Bonchev–Trinajstić information content (AvgIpc) is 2.60. The highest BCUT2D eigenvalue weighted by Gasteiger charge is 2.15. The van der Waals surface area contributed by atoms with Crippen molar-refractivity contribution in [2.45, 2.75) is 32.2 Å². The maximum Gasteiger partial charge on any atom is 0.0945 e. The summed E-state index contributed by atoms with van der Waals surface area (Å²) < 4.78 is 2.13. The Kier molecular flexibility index (Phi) is 3.57. The summed E-state index contributed by atoms with van der Waals surface area (Å²) >= 11 is 0. The molecular formula is C11H19N3. The van der Waals surface area contributed by atoms with Crippen molar-refractivity contribution in [3.63, 3.8) is 0 Å². The first-order chi connectivity index (χ1) is 6.95. The van der Waals surface area contributed by atoms with Crippen molar-refractivity contribution in [1.29, 1.82) is 0 Å². The molecule has 0 aromatic carbocycles. The van der Waals surface area contributed by atoms with Crippen LogP contribution >= 0.6 is 0 Å². The lowest BCUT2D eigenvalue weighted by Gasteiger charge is -2.25. The summed E-state index contributed by atoms with van der Waals surface area (Å²) in [6, 6.07) is 0. The molecule has 0 bridgehead atoms. The molecule has 0 unspecified atom stereocenters. The van der Waals surface area contributed by atoms with Gasteiger partial charge in [0.1, 0.15) is 0 Å². The molecule has 0 amide bonds. The molecule has 1 heterocycles. The molecule has 2 rings (SSSR count). The van der Waals surface area contributed by atoms with Gasteiger partial charge in [0.05, 0.1) is 6.33 Å². The van der Waals surface area contributed by atoms with Crippen LogP contribution in [0, 0.1) is 5.92 Å². The fourth-order valence-corrected chi connectivity index (χ4v) is 1.81. The van der Waals surface area contributed by atoms with Gasteiger partial charge >= 0.3 is 0 Å². The number of nitrogens with one attached hydrogen (secondary N) is 1. The van der Waals surface area contributed by atoms with Gasteiger partial charge in [-0.1, -0.05) is 6.42 Å². The zero-order valence-electron chi connectivity index (χ0n) is 8.65. The fraction of sp³-hybridized carbons (Fsp3) is 0.727. The lowest BCUT2D eigenvalue weighted by atomic mass is 9.85. The monoisotopic (exact) mass is 193 g/mol. The van der Waals surface area contributed by atoms with Crippen molar-refractivity contribution < 1.29 is 0 Å². The number of rotatable bonds is 6. The van der Waals surface area contributed by atoms with E-state index in [1.807, 2.05) is 18.7 Å².